The highest BCUT2D eigenvalue weighted by molar-refractivity contribution is 5.81. The van der Waals surface area contributed by atoms with Crippen molar-refractivity contribution in [2.24, 2.45) is 21.7 Å². The van der Waals surface area contributed by atoms with Gasteiger partial charge >= 0.3 is 0 Å². The van der Waals surface area contributed by atoms with Crippen molar-refractivity contribution in [1.82, 2.24) is 0 Å². The van der Waals surface area contributed by atoms with Crippen molar-refractivity contribution < 1.29 is 14.3 Å². The molecule has 0 aliphatic carbocycles. The first-order chi connectivity index (χ1) is 7.93. The van der Waals surface area contributed by atoms with Crippen molar-refractivity contribution in [2.45, 2.75) is 6.92 Å². The maximum atomic E-state index is 12.9. The first kappa shape index (κ1) is 14.6. The van der Waals surface area contributed by atoms with Crippen LogP contribution in [0.3, 0.4) is 0 Å². The molecule has 17 heavy (non-hydrogen) atoms. The second kappa shape index (κ2) is 7.80. The number of carboxylic acid groups (broad SMARTS) is 1. The number of benzene rings is 1. The van der Waals surface area contributed by atoms with E-state index in [0.29, 0.717) is 5.56 Å². The Balaban J connectivity index is 0.000000557. The number of hydrogen-bond acceptors (Lipinski definition) is 3. The molecule has 1 rings (SSSR count). The van der Waals surface area contributed by atoms with E-state index in [2.05, 4.69) is 10.2 Å². The predicted molar refractivity (Wildman–Crippen MR) is 63.1 cm³/mol. The summed E-state index contributed by atoms with van der Waals surface area (Å²) in [6.07, 6.45) is 1.25. The third kappa shape index (κ3) is 8.55. The molecule has 0 saturated carbocycles. The molecule has 0 fully saturated rings. The van der Waals surface area contributed by atoms with E-state index in [1.54, 1.807) is 18.2 Å². The average molecular weight is 240 g/mol. The lowest BCUT2D eigenvalue weighted by molar-refractivity contribution is -0.134. The molecular formula is C10H13FN4O2. The Hall–Kier alpha value is -2.44. The molecule has 92 valence electrons. The summed E-state index contributed by atoms with van der Waals surface area (Å²) in [6.45, 7) is 1.08. The first-order valence-corrected chi connectivity index (χ1v) is 4.49. The van der Waals surface area contributed by atoms with Gasteiger partial charge in [-0.25, -0.2) is 4.39 Å². The number of aliphatic carboxylic acids is 1. The van der Waals surface area contributed by atoms with Gasteiger partial charge in [-0.1, -0.05) is 18.2 Å². The lowest BCUT2D eigenvalue weighted by Gasteiger charge is -1.92. The highest BCUT2D eigenvalue weighted by Crippen LogP contribution is 2.02. The quantitative estimate of drug-likeness (QED) is 0.397. The topological polar surface area (TPSA) is 114 Å². The molecule has 0 radical (unpaired) electrons. The second-order valence-corrected chi connectivity index (χ2v) is 2.81. The maximum Gasteiger partial charge on any atom is 0.300 e. The Morgan fingerprint density at radius 1 is 1.41 bits per heavy atom. The molecule has 7 heteroatoms. The van der Waals surface area contributed by atoms with Crippen molar-refractivity contribution >= 4 is 18.1 Å². The molecule has 0 aliphatic rings. The van der Waals surface area contributed by atoms with E-state index in [4.69, 9.17) is 21.4 Å². The van der Waals surface area contributed by atoms with Crippen LogP contribution in [0.15, 0.2) is 34.5 Å². The van der Waals surface area contributed by atoms with Crippen molar-refractivity contribution in [3.63, 3.8) is 0 Å². The van der Waals surface area contributed by atoms with Crippen LogP contribution in [0.2, 0.25) is 0 Å². The zero-order valence-corrected chi connectivity index (χ0v) is 9.17. The zero-order chi connectivity index (χ0) is 13.3. The Bertz CT molecular complexity index is 424. The maximum absolute atomic E-state index is 12.9. The van der Waals surface area contributed by atoms with Gasteiger partial charge in [0.2, 0.25) is 5.96 Å². The SMILES string of the molecule is CC(=O)O.NC(N)=N/N=C/c1ccccc1F. The third-order valence-corrected chi connectivity index (χ3v) is 1.28. The van der Waals surface area contributed by atoms with E-state index < -0.39 is 5.97 Å². The Kier molecular flexibility index (Phi) is 6.68. The molecule has 0 spiro atoms. The molecule has 0 saturated heterocycles. The molecule has 1 aromatic carbocycles. The molecule has 6 nitrogen and oxygen atoms in total. The van der Waals surface area contributed by atoms with Gasteiger partial charge in [0, 0.05) is 12.5 Å². The number of carboxylic acids is 1. The highest BCUT2D eigenvalue weighted by Gasteiger charge is 1.94. The summed E-state index contributed by atoms with van der Waals surface area (Å²) in [4.78, 5) is 9.00. The number of halogens is 1. The van der Waals surface area contributed by atoms with Crippen LogP contribution in [-0.2, 0) is 4.79 Å². The van der Waals surface area contributed by atoms with Crippen LogP contribution >= 0.6 is 0 Å². The second-order valence-electron chi connectivity index (χ2n) is 2.81. The molecule has 0 unspecified atom stereocenters. The predicted octanol–water partition coefficient (Wildman–Crippen LogP) is 0.524. The van der Waals surface area contributed by atoms with Crippen LogP contribution < -0.4 is 11.5 Å². The number of hydrogen-bond donors (Lipinski definition) is 3. The molecule has 0 atom stereocenters. The fraction of sp³-hybridized carbons (Fsp3) is 0.100. The fourth-order valence-corrected chi connectivity index (χ4v) is 0.738. The number of nitrogens with two attached hydrogens (primary N) is 2. The molecule has 0 bridgehead atoms. The highest BCUT2D eigenvalue weighted by atomic mass is 19.1. The molecule has 0 heterocycles. The van der Waals surface area contributed by atoms with Gasteiger partial charge in [0.15, 0.2) is 0 Å². The number of guanidine groups is 1. The number of rotatable bonds is 2. The van der Waals surface area contributed by atoms with Crippen molar-refractivity contribution in [3.05, 3.63) is 35.6 Å². The van der Waals surface area contributed by atoms with Gasteiger partial charge in [-0.2, -0.15) is 5.10 Å². The summed E-state index contributed by atoms with van der Waals surface area (Å²) in [5.41, 5.74) is 10.4. The number of nitrogens with zero attached hydrogens (tertiary/aromatic N) is 2. The number of carbonyl (C=O) groups is 1. The van der Waals surface area contributed by atoms with Crippen molar-refractivity contribution in [3.8, 4) is 0 Å². The van der Waals surface area contributed by atoms with Gasteiger partial charge in [0.05, 0.1) is 6.21 Å². The van der Waals surface area contributed by atoms with E-state index in [1.165, 1.54) is 12.3 Å². The van der Waals surface area contributed by atoms with E-state index in [0.717, 1.165) is 6.92 Å². The largest absolute Gasteiger partial charge is 0.481 e. The Morgan fingerprint density at radius 2 is 1.94 bits per heavy atom. The lowest BCUT2D eigenvalue weighted by Crippen LogP contribution is -2.21. The van der Waals surface area contributed by atoms with Crippen LogP contribution in [-0.4, -0.2) is 23.2 Å². The van der Waals surface area contributed by atoms with Gasteiger partial charge < -0.3 is 16.6 Å². The third-order valence-electron chi connectivity index (χ3n) is 1.28. The van der Waals surface area contributed by atoms with Gasteiger partial charge in [-0.3, -0.25) is 4.79 Å². The normalized spacial score (nSPS) is 9.29. The monoisotopic (exact) mass is 240 g/mol. The van der Waals surface area contributed by atoms with E-state index in [-0.39, 0.29) is 11.8 Å². The molecule has 5 N–H and O–H groups in total. The first-order valence-electron chi connectivity index (χ1n) is 4.49. The molecule has 1 aromatic rings. The molecule has 0 aliphatic heterocycles. The van der Waals surface area contributed by atoms with Crippen LogP contribution in [0, 0.1) is 5.82 Å². The Labute approximate surface area is 97.5 Å². The summed E-state index contributed by atoms with van der Waals surface area (Å²) < 4.78 is 12.9. The summed E-state index contributed by atoms with van der Waals surface area (Å²) >= 11 is 0. The smallest absolute Gasteiger partial charge is 0.300 e. The van der Waals surface area contributed by atoms with Crippen LogP contribution in [0.5, 0.6) is 0 Å². The minimum absolute atomic E-state index is 0.160. The van der Waals surface area contributed by atoms with Gasteiger partial charge in [0.25, 0.3) is 5.97 Å². The van der Waals surface area contributed by atoms with Crippen LogP contribution in [0.4, 0.5) is 4.39 Å². The summed E-state index contributed by atoms with van der Waals surface area (Å²) in [7, 11) is 0. The Morgan fingerprint density at radius 3 is 2.41 bits per heavy atom. The van der Waals surface area contributed by atoms with Gasteiger partial charge in [-0.05, 0) is 6.07 Å². The van der Waals surface area contributed by atoms with Crippen LogP contribution in [0.25, 0.3) is 0 Å². The van der Waals surface area contributed by atoms with Crippen molar-refractivity contribution in [2.75, 3.05) is 0 Å². The molecule has 0 amide bonds. The van der Waals surface area contributed by atoms with Gasteiger partial charge in [0.1, 0.15) is 5.82 Å². The standard InChI is InChI=1S/C8H9FN4.C2H4O2/c9-7-4-2-1-3-6(7)5-12-13-8(10)11;1-2(3)4/h1-5H,(H4,10,11,13);1H3,(H,3,4)/b12-5+;. The fourth-order valence-electron chi connectivity index (χ4n) is 0.738. The van der Waals surface area contributed by atoms with Crippen molar-refractivity contribution in [1.29, 1.82) is 0 Å². The minimum Gasteiger partial charge on any atom is -0.481 e. The van der Waals surface area contributed by atoms with Crippen LogP contribution in [0.1, 0.15) is 12.5 Å². The van der Waals surface area contributed by atoms with E-state index >= 15 is 0 Å². The van der Waals surface area contributed by atoms with Gasteiger partial charge in [-0.15, -0.1) is 5.10 Å². The summed E-state index contributed by atoms with van der Waals surface area (Å²) in [5.74, 6) is -1.36. The summed E-state index contributed by atoms with van der Waals surface area (Å²) in [5, 5.41) is 14.2. The lowest BCUT2D eigenvalue weighted by atomic mass is 10.2. The summed E-state index contributed by atoms with van der Waals surface area (Å²) in [6, 6.07) is 6.19. The molecule has 0 aromatic heterocycles. The van der Waals surface area contributed by atoms with E-state index in [1.807, 2.05) is 0 Å². The zero-order valence-electron chi connectivity index (χ0n) is 9.17. The minimum atomic E-state index is -0.833. The van der Waals surface area contributed by atoms with E-state index in [9.17, 15) is 4.39 Å². The molecular weight excluding hydrogens is 227 g/mol. The average Bonchev–Trinajstić information content (AvgIpc) is 2.19.